The Bertz CT molecular complexity index is 830. The summed E-state index contributed by atoms with van der Waals surface area (Å²) in [5.41, 5.74) is 1.17. The van der Waals surface area contributed by atoms with Crippen molar-refractivity contribution in [1.29, 1.82) is 0 Å². The topological polar surface area (TPSA) is 78.5 Å². The first-order valence-electron chi connectivity index (χ1n) is 9.66. The molecular weight excluding hydrogens is 362 g/mol. The summed E-state index contributed by atoms with van der Waals surface area (Å²) in [6, 6.07) is 0. The monoisotopic (exact) mass is 391 g/mol. The highest BCUT2D eigenvalue weighted by Crippen LogP contribution is 2.33. The zero-order valence-electron chi connectivity index (χ0n) is 16.0. The van der Waals surface area contributed by atoms with Crippen LogP contribution in [-0.2, 0) is 24.1 Å². The number of aromatic nitrogens is 2. The number of nitrogens with one attached hydrogen (secondary N) is 1. The molecule has 2 aromatic heterocycles. The molecule has 0 saturated carbocycles. The number of methoxy groups -OCH3 is 1. The summed E-state index contributed by atoms with van der Waals surface area (Å²) in [5.74, 6) is 0.651. The Morgan fingerprint density at radius 3 is 3.04 bits per heavy atom. The molecule has 0 fully saturated rings. The number of hydrogen-bond acceptors (Lipinski definition) is 6. The van der Waals surface area contributed by atoms with Crippen LogP contribution < -0.4 is 5.56 Å². The molecule has 0 radical (unpaired) electrons. The minimum Gasteiger partial charge on any atom is -0.392 e. The first-order chi connectivity index (χ1) is 13.1. The summed E-state index contributed by atoms with van der Waals surface area (Å²) in [5, 5.41) is 11.0. The molecule has 0 bridgehead atoms. The van der Waals surface area contributed by atoms with Crippen molar-refractivity contribution in [2.24, 2.45) is 0 Å². The van der Waals surface area contributed by atoms with Gasteiger partial charge in [-0.1, -0.05) is 6.08 Å². The second-order valence-electron chi connectivity index (χ2n) is 7.15. The van der Waals surface area contributed by atoms with E-state index in [1.807, 2.05) is 6.08 Å². The van der Waals surface area contributed by atoms with E-state index in [2.05, 4.69) is 16.5 Å². The molecule has 2 heterocycles. The van der Waals surface area contributed by atoms with E-state index in [0.717, 1.165) is 35.9 Å². The van der Waals surface area contributed by atoms with Gasteiger partial charge in [-0.2, -0.15) is 0 Å². The number of allylic oxidation sites excluding steroid dienone is 1. The molecule has 0 saturated heterocycles. The van der Waals surface area contributed by atoms with Crippen molar-refractivity contribution in [3.8, 4) is 0 Å². The maximum atomic E-state index is 12.7. The third-order valence-electron chi connectivity index (χ3n) is 5.03. The van der Waals surface area contributed by atoms with Gasteiger partial charge in [-0.05, 0) is 44.1 Å². The second kappa shape index (κ2) is 9.59. The van der Waals surface area contributed by atoms with Crippen LogP contribution in [0.4, 0.5) is 0 Å². The molecule has 0 spiro atoms. The third kappa shape index (κ3) is 5.04. The number of ether oxygens (including phenoxy) is 1. The zero-order valence-corrected chi connectivity index (χ0v) is 16.8. The fourth-order valence-electron chi connectivity index (χ4n) is 3.65. The number of aryl methyl sites for hydroxylation is 2. The summed E-state index contributed by atoms with van der Waals surface area (Å²) >= 11 is 1.66. The first-order valence-corrected chi connectivity index (χ1v) is 10.5. The highest BCUT2D eigenvalue weighted by molar-refractivity contribution is 7.18. The van der Waals surface area contributed by atoms with E-state index >= 15 is 0 Å². The lowest BCUT2D eigenvalue weighted by Gasteiger charge is -2.24. The number of H-pyrrole nitrogens is 1. The Morgan fingerprint density at radius 2 is 2.26 bits per heavy atom. The predicted molar refractivity (Wildman–Crippen MR) is 109 cm³/mol. The van der Waals surface area contributed by atoms with E-state index < -0.39 is 6.10 Å². The van der Waals surface area contributed by atoms with Gasteiger partial charge >= 0.3 is 0 Å². The third-order valence-corrected chi connectivity index (χ3v) is 6.22. The quantitative estimate of drug-likeness (QED) is 0.609. The van der Waals surface area contributed by atoms with Gasteiger partial charge in [0.05, 0.1) is 24.6 Å². The number of nitrogens with zero attached hydrogens (tertiary/aromatic N) is 2. The van der Waals surface area contributed by atoms with Gasteiger partial charge in [0.15, 0.2) is 0 Å². The number of hydrogen-bond donors (Lipinski definition) is 2. The zero-order chi connectivity index (χ0) is 19.2. The lowest BCUT2D eigenvalue weighted by atomic mass is 9.97. The molecule has 1 aliphatic carbocycles. The summed E-state index contributed by atoms with van der Waals surface area (Å²) in [6.45, 7) is 5.94. The Balaban J connectivity index is 1.79. The molecule has 148 valence electrons. The van der Waals surface area contributed by atoms with Crippen molar-refractivity contribution in [3.05, 3.63) is 39.3 Å². The summed E-state index contributed by atoms with van der Waals surface area (Å²) < 4.78 is 5.19. The molecule has 6 nitrogen and oxygen atoms in total. The van der Waals surface area contributed by atoms with Crippen LogP contribution in [0.5, 0.6) is 0 Å². The van der Waals surface area contributed by atoms with E-state index in [9.17, 15) is 9.90 Å². The van der Waals surface area contributed by atoms with Crippen molar-refractivity contribution in [2.75, 3.05) is 26.8 Å². The van der Waals surface area contributed by atoms with Crippen molar-refractivity contribution in [2.45, 2.75) is 51.2 Å². The van der Waals surface area contributed by atoms with E-state index in [0.29, 0.717) is 38.5 Å². The predicted octanol–water partition coefficient (Wildman–Crippen LogP) is 2.64. The van der Waals surface area contributed by atoms with Crippen LogP contribution in [0, 0.1) is 0 Å². The average Bonchev–Trinajstić information content (AvgIpc) is 3.03. The SMILES string of the molecule is C=CCC[C@@H](O)CN(CCOC)Cc1nc2sc3c(c2c(=O)[nH]1)CCCC3. The lowest BCUT2D eigenvalue weighted by molar-refractivity contribution is 0.0796. The second-order valence-corrected chi connectivity index (χ2v) is 8.24. The molecule has 0 unspecified atom stereocenters. The maximum absolute atomic E-state index is 12.7. The highest BCUT2D eigenvalue weighted by Gasteiger charge is 2.20. The number of aromatic amines is 1. The van der Waals surface area contributed by atoms with Gasteiger partial charge in [0.2, 0.25) is 0 Å². The molecule has 27 heavy (non-hydrogen) atoms. The van der Waals surface area contributed by atoms with Crippen molar-refractivity contribution in [1.82, 2.24) is 14.9 Å². The van der Waals surface area contributed by atoms with Gasteiger partial charge in [-0.25, -0.2) is 4.98 Å². The Labute approximate surface area is 163 Å². The van der Waals surface area contributed by atoms with E-state index in [-0.39, 0.29) is 5.56 Å². The highest BCUT2D eigenvalue weighted by atomic mass is 32.1. The fraction of sp³-hybridized carbons (Fsp3) is 0.600. The number of fused-ring (bicyclic) bond motifs is 3. The molecule has 0 amide bonds. The number of thiophene rings is 1. The average molecular weight is 392 g/mol. The summed E-state index contributed by atoms with van der Waals surface area (Å²) in [4.78, 5) is 24.7. The van der Waals surface area contributed by atoms with Crippen LogP contribution in [0.15, 0.2) is 17.4 Å². The van der Waals surface area contributed by atoms with Gasteiger partial charge in [0, 0.05) is 25.1 Å². The lowest BCUT2D eigenvalue weighted by Crippen LogP contribution is -2.35. The van der Waals surface area contributed by atoms with E-state index in [1.165, 1.54) is 16.9 Å². The van der Waals surface area contributed by atoms with Crippen molar-refractivity contribution >= 4 is 21.6 Å². The molecule has 1 aliphatic rings. The van der Waals surface area contributed by atoms with Gasteiger partial charge in [0.1, 0.15) is 10.7 Å². The van der Waals surface area contributed by atoms with Crippen LogP contribution in [0.2, 0.25) is 0 Å². The fourth-order valence-corrected chi connectivity index (χ4v) is 4.93. The molecule has 0 aromatic carbocycles. The van der Waals surface area contributed by atoms with E-state index in [4.69, 9.17) is 9.72 Å². The van der Waals surface area contributed by atoms with E-state index in [1.54, 1.807) is 18.4 Å². The molecule has 7 heteroatoms. The molecular formula is C20H29N3O3S. The van der Waals surface area contributed by atoms with Gasteiger partial charge in [-0.3, -0.25) is 9.69 Å². The normalized spacial score (nSPS) is 15.2. The number of aliphatic hydroxyl groups is 1. The Hall–Kier alpha value is -1.54. The van der Waals surface area contributed by atoms with Gasteiger partial charge in [-0.15, -0.1) is 17.9 Å². The van der Waals surface area contributed by atoms with Crippen LogP contribution in [-0.4, -0.2) is 52.9 Å². The minimum absolute atomic E-state index is 0.0340. The Morgan fingerprint density at radius 1 is 1.44 bits per heavy atom. The molecule has 1 atom stereocenters. The maximum Gasteiger partial charge on any atom is 0.259 e. The number of aliphatic hydroxyl groups excluding tert-OH is 1. The van der Waals surface area contributed by atoms with Crippen LogP contribution in [0.1, 0.15) is 41.9 Å². The van der Waals surface area contributed by atoms with Crippen LogP contribution in [0.25, 0.3) is 10.2 Å². The Kier molecular flexibility index (Phi) is 7.18. The molecule has 0 aliphatic heterocycles. The molecule has 2 N–H and O–H groups in total. The smallest absolute Gasteiger partial charge is 0.259 e. The number of rotatable bonds is 10. The standard InChI is InChI=1S/C20H29N3O3S/c1-3-4-7-14(24)12-23(10-11-26-2)13-17-21-19(25)18-15-8-5-6-9-16(15)27-20(18)22-17/h3,14,24H,1,4-13H2,2H3,(H,21,22,25)/t14-/m1/s1. The van der Waals surface area contributed by atoms with Crippen molar-refractivity contribution in [3.63, 3.8) is 0 Å². The molecule has 3 rings (SSSR count). The molecule has 2 aromatic rings. The first kappa shape index (κ1) is 20.2. The van der Waals surface area contributed by atoms with Crippen LogP contribution in [0.3, 0.4) is 0 Å². The van der Waals surface area contributed by atoms with Crippen LogP contribution >= 0.6 is 11.3 Å². The summed E-state index contributed by atoms with van der Waals surface area (Å²) in [6.07, 6.45) is 7.20. The largest absolute Gasteiger partial charge is 0.392 e. The van der Waals surface area contributed by atoms with Crippen molar-refractivity contribution < 1.29 is 9.84 Å². The summed E-state index contributed by atoms with van der Waals surface area (Å²) in [7, 11) is 1.66. The van der Waals surface area contributed by atoms with Gasteiger partial charge < -0.3 is 14.8 Å². The van der Waals surface area contributed by atoms with Gasteiger partial charge in [0.25, 0.3) is 5.56 Å². The minimum atomic E-state index is -0.440.